The lowest BCUT2D eigenvalue weighted by molar-refractivity contribution is 0.301. The number of hydrogen-bond donors (Lipinski definition) is 0. The maximum atomic E-state index is 12.6. The van der Waals surface area contributed by atoms with Gasteiger partial charge in [-0.15, -0.1) is 0 Å². The minimum atomic E-state index is -3.40. The fourth-order valence-corrected chi connectivity index (χ4v) is 4.12. The average molecular weight is 371 g/mol. The van der Waals surface area contributed by atoms with Crippen LogP contribution in [0.2, 0.25) is 0 Å². The topological polar surface area (TPSA) is 69.4 Å². The molecule has 0 N–H and O–H groups in total. The van der Waals surface area contributed by atoms with Crippen molar-refractivity contribution in [3.8, 4) is 5.75 Å². The van der Waals surface area contributed by atoms with Gasteiger partial charge in [0.05, 0.1) is 21.9 Å². The third kappa shape index (κ3) is 3.96. The Morgan fingerprint density at radius 2 is 1.69 bits per heavy atom. The zero-order chi connectivity index (χ0) is 18.7. The summed E-state index contributed by atoms with van der Waals surface area (Å²) in [6, 6.07) is 14.0. The van der Waals surface area contributed by atoms with E-state index < -0.39 is 9.84 Å². The molecule has 0 atom stereocenters. The second-order valence-corrected chi connectivity index (χ2v) is 8.24. The van der Waals surface area contributed by atoms with Crippen LogP contribution in [0.25, 0.3) is 0 Å². The van der Waals surface area contributed by atoms with E-state index in [1.807, 2.05) is 45.0 Å². The molecule has 0 aliphatic rings. The highest BCUT2D eigenvalue weighted by Crippen LogP contribution is 2.22. The first-order valence-electron chi connectivity index (χ1n) is 8.29. The Morgan fingerprint density at radius 1 is 1.00 bits per heavy atom. The van der Waals surface area contributed by atoms with Gasteiger partial charge in [0.25, 0.3) is 0 Å². The van der Waals surface area contributed by atoms with Crippen molar-refractivity contribution in [1.82, 2.24) is 5.16 Å². The molecule has 0 amide bonds. The number of sulfone groups is 1. The van der Waals surface area contributed by atoms with E-state index in [2.05, 4.69) is 5.16 Å². The molecule has 3 aromatic rings. The maximum absolute atomic E-state index is 12.6. The van der Waals surface area contributed by atoms with E-state index in [1.165, 1.54) is 0 Å². The van der Waals surface area contributed by atoms with Gasteiger partial charge >= 0.3 is 0 Å². The predicted molar refractivity (Wildman–Crippen MR) is 98.8 cm³/mol. The van der Waals surface area contributed by atoms with E-state index in [0.29, 0.717) is 12.4 Å². The van der Waals surface area contributed by atoms with Crippen molar-refractivity contribution in [2.75, 3.05) is 0 Å². The predicted octanol–water partition coefficient (Wildman–Crippen LogP) is 4.15. The number of aromatic nitrogens is 1. The second kappa shape index (κ2) is 7.33. The van der Waals surface area contributed by atoms with E-state index in [1.54, 1.807) is 24.3 Å². The molecule has 136 valence electrons. The van der Waals surface area contributed by atoms with Crippen LogP contribution >= 0.6 is 0 Å². The molecule has 0 aliphatic carbocycles. The van der Waals surface area contributed by atoms with E-state index in [4.69, 9.17) is 9.26 Å². The number of nitrogens with zero attached hydrogens (tertiary/aromatic N) is 1. The summed E-state index contributed by atoms with van der Waals surface area (Å²) in [6.45, 7) is 5.93. The van der Waals surface area contributed by atoms with Gasteiger partial charge in [-0.05, 0) is 56.2 Å². The Hall–Kier alpha value is -2.60. The molecule has 1 heterocycles. The van der Waals surface area contributed by atoms with Crippen molar-refractivity contribution in [2.45, 2.75) is 38.0 Å². The summed E-state index contributed by atoms with van der Waals surface area (Å²) in [4.78, 5) is 0.283. The van der Waals surface area contributed by atoms with Crippen LogP contribution in [-0.4, -0.2) is 13.6 Å². The van der Waals surface area contributed by atoms with Gasteiger partial charge in [0, 0.05) is 0 Å². The Bertz CT molecular complexity index is 985. The zero-order valence-electron chi connectivity index (χ0n) is 15.0. The van der Waals surface area contributed by atoms with Gasteiger partial charge in [-0.25, -0.2) is 8.42 Å². The molecule has 0 fully saturated rings. The van der Waals surface area contributed by atoms with Crippen molar-refractivity contribution in [3.63, 3.8) is 0 Å². The molecular formula is C20H21NO4S. The molecule has 6 heteroatoms. The van der Waals surface area contributed by atoms with Gasteiger partial charge in [0.1, 0.15) is 18.1 Å². The molecule has 0 spiro atoms. The first kappa shape index (κ1) is 18.2. The van der Waals surface area contributed by atoms with E-state index in [9.17, 15) is 8.42 Å². The van der Waals surface area contributed by atoms with Crippen LogP contribution in [0.15, 0.2) is 57.9 Å². The lowest BCUT2D eigenvalue weighted by Gasteiger charge is -2.09. The highest BCUT2D eigenvalue weighted by atomic mass is 32.2. The van der Waals surface area contributed by atoms with Gasteiger partial charge in [-0.2, -0.15) is 0 Å². The summed E-state index contributed by atoms with van der Waals surface area (Å²) in [6.07, 6.45) is 0. The molecular weight excluding hydrogens is 350 g/mol. The lowest BCUT2D eigenvalue weighted by Crippen LogP contribution is -2.06. The molecule has 0 saturated carbocycles. The monoisotopic (exact) mass is 371 g/mol. The van der Waals surface area contributed by atoms with Crippen LogP contribution < -0.4 is 4.74 Å². The summed E-state index contributed by atoms with van der Waals surface area (Å²) in [7, 11) is -3.40. The molecule has 0 unspecified atom stereocenters. The molecule has 0 saturated heterocycles. The van der Waals surface area contributed by atoms with Gasteiger partial charge in [0.2, 0.25) is 0 Å². The molecule has 0 aliphatic heterocycles. The first-order chi connectivity index (χ1) is 12.4. The number of rotatable bonds is 6. The molecule has 0 bridgehead atoms. The normalized spacial score (nSPS) is 11.5. The lowest BCUT2D eigenvalue weighted by atomic mass is 10.1. The largest absolute Gasteiger partial charge is 0.489 e. The summed E-state index contributed by atoms with van der Waals surface area (Å²) in [5.74, 6) is 1.30. The average Bonchev–Trinajstić information content (AvgIpc) is 2.93. The number of ether oxygens (including phenoxy) is 1. The van der Waals surface area contributed by atoms with Gasteiger partial charge in [-0.1, -0.05) is 29.4 Å². The summed E-state index contributed by atoms with van der Waals surface area (Å²) in [5, 5.41) is 3.89. The van der Waals surface area contributed by atoms with Crippen molar-refractivity contribution >= 4 is 9.84 Å². The summed E-state index contributed by atoms with van der Waals surface area (Å²) >= 11 is 0. The van der Waals surface area contributed by atoms with Gasteiger partial charge in [0.15, 0.2) is 9.84 Å². The van der Waals surface area contributed by atoms with Crippen molar-refractivity contribution in [2.24, 2.45) is 0 Å². The fourth-order valence-electron chi connectivity index (χ4n) is 2.67. The first-order valence-corrected chi connectivity index (χ1v) is 9.94. The Labute approximate surface area is 153 Å². The van der Waals surface area contributed by atoms with Crippen molar-refractivity contribution in [1.29, 1.82) is 0 Å². The molecule has 1 aromatic heterocycles. The number of benzene rings is 2. The molecule has 2 aromatic carbocycles. The molecule has 0 radical (unpaired) electrons. The van der Waals surface area contributed by atoms with Crippen LogP contribution in [0.1, 0.15) is 28.1 Å². The third-order valence-electron chi connectivity index (χ3n) is 4.35. The van der Waals surface area contributed by atoms with Crippen LogP contribution in [-0.2, 0) is 22.2 Å². The molecule has 5 nitrogen and oxygen atoms in total. The summed E-state index contributed by atoms with van der Waals surface area (Å²) < 4.78 is 36.1. The maximum Gasteiger partial charge on any atom is 0.182 e. The van der Waals surface area contributed by atoms with Crippen LogP contribution in [0, 0.1) is 20.8 Å². The van der Waals surface area contributed by atoms with Crippen LogP contribution in [0.3, 0.4) is 0 Å². The highest BCUT2D eigenvalue weighted by Gasteiger charge is 2.17. The van der Waals surface area contributed by atoms with Gasteiger partial charge in [-0.3, -0.25) is 0 Å². The van der Waals surface area contributed by atoms with E-state index in [0.717, 1.165) is 28.1 Å². The Morgan fingerprint density at radius 3 is 2.31 bits per heavy atom. The fraction of sp³-hybridized carbons (Fsp3) is 0.250. The minimum Gasteiger partial charge on any atom is -0.489 e. The third-order valence-corrected chi connectivity index (χ3v) is 6.04. The molecule has 26 heavy (non-hydrogen) atoms. The number of hydrogen-bond acceptors (Lipinski definition) is 5. The summed E-state index contributed by atoms with van der Waals surface area (Å²) in [5.41, 5.74) is 3.47. The minimum absolute atomic E-state index is 0.0149. The smallest absolute Gasteiger partial charge is 0.182 e. The Balaban J connectivity index is 1.71. The number of aryl methyl sites for hydroxylation is 3. The quantitative estimate of drug-likeness (QED) is 0.651. The highest BCUT2D eigenvalue weighted by molar-refractivity contribution is 7.90. The SMILES string of the molecule is Cc1ccccc1CS(=O)(=O)c1ccc(OCc2c(C)noc2C)cc1. The van der Waals surface area contributed by atoms with E-state index in [-0.39, 0.29) is 10.6 Å². The Kier molecular flexibility index (Phi) is 5.13. The van der Waals surface area contributed by atoms with Crippen molar-refractivity contribution < 1.29 is 17.7 Å². The zero-order valence-corrected chi connectivity index (χ0v) is 15.8. The molecule has 3 rings (SSSR count). The van der Waals surface area contributed by atoms with E-state index >= 15 is 0 Å². The van der Waals surface area contributed by atoms with Crippen LogP contribution in [0.5, 0.6) is 5.75 Å². The standard InChI is InChI=1S/C20H21NO4S/c1-14-6-4-5-7-17(14)13-26(22,23)19-10-8-18(9-11-19)24-12-20-15(2)21-25-16(20)3/h4-11H,12-13H2,1-3H3. The van der Waals surface area contributed by atoms with Gasteiger partial charge < -0.3 is 9.26 Å². The van der Waals surface area contributed by atoms with Crippen LogP contribution in [0.4, 0.5) is 0 Å². The second-order valence-electron chi connectivity index (χ2n) is 6.25. The van der Waals surface area contributed by atoms with Crippen molar-refractivity contribution in [3.05, 3.63) is 76.7 Å².